The van der Waals surface area contributed by atoms with E-state index in [1.54, 1.807) is 19.1 Å². The molecule has 2 aromatic carbocycles. The normalized spacial score (nSPS) is 11.7. The molecule has 0 radical (unpaired) electrons. The van der Waals surface area contributed by atoms with Gasteiger partial charge in [-0.3, -0.25) is 4.72 Å². The van der Waals surface area contributed by atoms with Crippen LogP contribution in [-0.2, 0) is 10.0 Å². The maximum atomic E-state index is 13.7. The fourth-order valence-electron chi connectivity index (χ4n) is 2.18. The summed E-state index contributed by atoms with van der Waals surface area (Å²) in [5.41, 5.74) is 1.91. The van der Waals surface area contributed by atoms with E-state index in [4.69, 9.17) is 0 Å². The second-order valence-corrected chi connectivity index (χ2v) is 7.02. The Hall–Kier alpha value is -1.95. The Labute approximate surface area is 129 Å². The monoisotopic (exact) mass is 325 g/mol. The molecule has 0 amide bonds. The standard InChI is InChI=1S/C16H17F2NO2S/c1-10(2)13-6-4-5-11(3)16(13)19-22(20,21)15-9-12(17)7-8-14(15)18/h4-10,19H,1-3H3. The predicted molar refractivity (Wildman–Crippen MR) is 82.4 cm³/mol. The van der Waals surface area contributed by atoms with E-state index in [-0.39, 0.29) is 5.92 Å². The van der Waals surface area contributed by atoms with Crippen LogP contribution in [-0.4, -0.2) is 8.42 Å². The molecule has 0 unspecified atom stereocenters. The van der Waals surface area contributed by atoms with Crippen LogP contribution in [0.1, 0.15) is 30.9 Å². The number of hydrogen-bond acceptors (Lipinski definition) is 2. The van der Waals surface area contributed by atoms with Crippen molar-refractivity contribution in [3.8, 4) is 0 Å². The van der Waals surface area contributed by atoms with Crippen molar-refractivity contribution in [2.45, 2.75) is 31.6 Å². The lowest BCUT2D eigenvalue weighted by molar-refractivity contribution is 0.555. The van der Waals surface area contributed by atoms with Gasteiger partial charge in [-0.1, -0.05) is 32.0 Å². The molecule has 0 aromatic heterocycles. The van der Waals surface area contributed by atoms with Gasteiger partial charge in [-0.15, -0.1) is 0 Å². The van der Waals surface area contributed by atoms with E-state index >= 15 is 0 Å². The number of nitrogens with one attached hydrogen (secondary N) is 1. The van der Waals surface area contributed by atoms with E-state index in [2.05, 4.69) is 4.72 Å². The van der Waals surface area contributed by atoms with E-state index in [0.29, 0.717) is 17.3 Å². The summed E-state index contributed by atoms with van der Waals surface area (Å²) in [5.74, 6) is -1.72. The second-order valence-electron chi connectivity index (χ2n) is 5.37. The number of benzene rings is 2. The SMILES string of the molecule is Cc1cccc(C(C)C)c1NS(=O)(=O)c1cc(F)ccc1F. The van der Waals surface area contributed by atoms with Gasteiger partial charge in [0.2, 0.25) is 0 Å². The van der Waals surface area contributed by atoms with E-state index in [9.17, 15) is 17.2 Å². The topological polar surface area (TPSA) is 46.2 Å². The van der Waals surface area contributed by atoms with Gasteiger partial charge in [0.1, 0.15) is 16.5 Å². The van der Waals surface area contributed by atoms with Crippen molar-refractivity contribution in [1.82, 2.24) is 0 Å². The zero-order valence-corrected chi connectivity index (χ0v) is 13.3. The molecule has 6 heteroatoms. The number of sulfonamides is 1. The van der Waals surface area contributed by atoms with Crippen molar-refractivity contribution >= 4 is 15.7 Å². The van der Waals surface area contributed by atoms with Crippen molar-refractivity contribution in [1.29, 1.82) is 0 Å². The smallest absolute Gasteiger partial charge is 0.264 e. The van der Waals surface area contributed by atoms with Crippen LogP contribution in [0.3, 0.4) is 0 Å². The third-order valence-corrected chi connectivity index (χ3v) is 4.71. The van der Waals surface area contributed by atoms with Crippen LogP contribution in [0.25, 0.3) is 0 Å². The van der Waals surface area contributed by atoms with Gasteiger partial charge in [0, 0.05) is 0 Å². The lowest BCUT2D eigenvalue weighted by atomic mass is 9.99. The molecule has 3 nitrogen and oxygen atoms in total. The third kappa shape index (κ3) is 3.27. The van der Waals surface area contributed by atoms with Crippen molar-refractivity contribution in [3.05, 3.63) is 59.2 Å². The summed E-state index contributed by atoms with van der Waals surface area (Å²) in [6, 6.07) is 7.73. The van der Waals surface area contributed by atoms with Gasteiger partial charge in [-0.25, -0.2) is 17.2 Å². The van der Waals surface area contributed by atoms with E-state index in [1.807, 2.05) is 19.9 Å². The molecule has 0 saturated carbocycles. The van der Waals surface area contributed by atoms with Crippen molar-refractivity contribution in [3.63, 3.8) is 0 Å². The Morgan fingerprint density at radius 1 is 1.09 bits per heavy atom. The number of para-hydroxylation sites is 1. The minimum atomic E-state index is -4.21. The van der Waals surface area contributed by atoms with E-state index in [0.717, 1.165) is 17.7 Å². The van der Waals surface area contributed by atoms with Crippen molar-refractivity contribution in [2.24, 2.45) is 0 Å². The van der Waals surface area contributed by atoms with E-state index < -0.39 is 26.6 Å². The second kappa shape index (κ2) is 6.04. The van der Waals surface area contributed by atoms with Crippen LogP contribution in [0.5, 0.6) is 0 Å². The summed E-state index contributed by atoms with van der Waals surface area (Å²) in [6.45, 7) is 5.61. The van der Waals surface area contributed by atoms with E-state index in [1.165, 1.54) is 0 Å². The third-order valence-electron chi connectivity index (χ3n) is 3.35. The molecule has 0 fully saturated rings. The van der Waals surface area contributed by atoms with Crippen LogP contribution in [0.2, 0.25) is 0 Å². The molecule has 0 bridgehead atoms. The lowest BCUT2D eigenvalue weighted by Gasteiger charge is -2.17. The minimum absolute atomic E-state index is 0.0787. The molecule has 118 valence electrons. The first-order chi connectivity index (χ1) is 10.2. The summed E-state index contributed by atoms with van der Waals surface area (Å²) in [7, 11) is -4.21. The molecule has 0 spiro atoms. The Morgan fingerprint density at radius 3 is 2.41 bits per heavy atom. The molecular formula is C16H17F2NO2S. The Morgan fingerprint density at radius 2 is 1.77 bits per heavy atom. The van der Waals surface area contributed by atoms with Crippen LogP contribution in [0, 0.1) is 18.6 Å². The van der Waals surface area contributed by atoms with Crippen LogP contribution in [0.4, 0.5) is 14.5 Å². The fourth-order valence-corrected chi connectivity index (χ4v) is 3.43. The first kappa shape index (κ1) is 16.4. The number of halogens is 2. The Kier molecular flexibility index (Phi) is 4.51. The number of rotatable bonds is 4. The predicted octanol–water partition coefficient (Wildman–Crippen LogP) is 4.20. The largest absolute Gasteiger partial charge is 0.279 e. The number of anilines is 1. The summed E-state index contributed by atoms with van der Waals surface area (Å²) >= 11 is 0. The van der Waals surface area contributed by atoms with Crippen LogP contribution >= 0.6 is 0 Å². The number of aryl methyl sites for hydroxylation is 1. The zero-order valence-electron chi connectivity index (χ0n) is 12.5. The fraction of sp³-hybridized carbons (Fsp3) is 0.250. The summed E-state index contributed by atoms with van der Waals surface area (Å²) in [4.78, 5) is -0.703. The summed E-state index contributed by atoms with van der Waals surface area (Å²) in [6.07, 6.45) is 0. The van der Waals surface area contributed by atoms with Crippen LogP contribution in [0.15, 0.2) is 41.3 Å². The highest BCUT2D eigenvalue weighted by Gasteiger charge is 2.22. The molecule has 0 aliphatic carbocycles. The molecule has 1 N–H and O–H groups in total. The highest BCUT2D eigenvalue weighted by molar-refractivity contribution is 7.92. The maximum absolute atomic E-state index is 13.7. The maximum Gasteiger partial charge on any atom is 0.264 e. The van der Waals surface area contributed by atoms with Crippen LogP contribution < -0.4 is 4.72 Å². The Balaban J connectivity index is 2.53. The minimum Gasteiger partial charge on any atom is -0.279 e. The van der Waals surface area contributed by atoms with Gasteiger partial charge in [-0.2, -0.15) is 0 Å². The quantitative estimate of drug-likeness (QED) is 0.916. The van der Waals surface area contributed by atoms with Crippen molar-refractivity contribution < 1.29 is 17.2 Å². The van der Waals surface area contributed by atoms with Gasteiger partial charge in [0.05, 0.1) is 5.69 Å². The van der Waals surface area contributed by atoms with Gasteiger partial charge in [-0.05, 0) is 42.2 Å². The van der Waals surface area contributed by atoms with Crippen molar-refractivity contribution in [2.75, 3.05) is 4.72 Å². The van der Waals surface area contributed by atoms with Gasteiger partial charge >= 0.3 is 0 Å². The number of hydrogen-bond donors (Lipinski definition) is 1. The molecule has 0 heterocycles. The first-order valence-corrected chi connectivity index (χ1v) is 8.28. The average Bonchev–Trinajstić information content (AvgIpc) is 2.43. The molecule has 0 saturated heterocycles. The van der Waals surface area contributed by atoms with Gasteiger partial charge in [0.25, 0.3) is 10.0 Å². The molecular weight excluding hydrogens is 308 g/mol. The highest BCUT2D eigenvalue weighted by atomic mass is 32.2. The molecule has 2 aromatic rings. The first-order valence-electron chi connectivity index (χ1n) is 6.79. The molecule has 0 aliphatic heterocycles. The summed E-state index contributed by atoms with van der Waals surface area (Å²) in [5, 5.41) is 0. The van der Waals surface area contributed by atoms with Gasteiger partial charge < -0.3 is 0 Å². The molecule has 0 atom stereocenters. The average molecular weight is 325 g/mol. The summed E-state index contributed by atoms with van der Waals surface area (Å²) < 4.78 is 54.1. The molecule has 2 rings (SSSR count). The molecule has 22 heavy (non-hydrogen) atoms. The Bertz CT molecular complexity index is 802. The van der Waals surface area contributed by atoms with Gasteiger partial charge in [0.15, 0.2) is 0 Å². The zero-order chi connectivity index (χ0) is 16.5. The highest BCUT2D eigenvalue weighted by Crippen LogP contribution is 2.30. The lowest BCUT2D eigenvalue weighted by Crippen LogP contribution is -2.17. The molecule has 0 aliphatic rings.